The molecule has 24 heavy (non-hydrogen) atoms. The van der Waals surface area contributed by atoms with E-state index in [0.717, 1.165) is 5.56 Å². The first kappa shape index (κ1) is 17.8. The van der Waals surface area contributed by atoms with E-state index in [0.29, 0.717) is 5.82 Å². The predicted octanol–water partition coefficient (Wildman–Crippen LogP) is 3.80. The van der Waals surface area contributed by atoms with Crippen molar-refractivity contribution in [2.24, 2.45) is 10.5 Å². The number of rotatable bonds is 3. The maximum Gasteiger partial charge on any atom is 0.329 e. The highest BCUT2D eigenvalue weighted by molar-refractivity contribution is 5.90. The normalized spacial score (nSPS) is 12.6. The number of nitrogens with one attached hydrogen (secondary N) is 1. The quantitative estimate of drug-likeness (QED) is 0.686. The van der Waals surface area contributed by atoms with Crippen LogP contribution in [0.25, 0.3) is 11.4 Å². The Kier molecular flexibility index (Phi) is 4.87. The molecular weight excluding hydrogens is 304 g/mol. The van der Waals surface area contributed by atoms with Gasteiger partial charge >= 0.3 is 11.8 Å². The Bertz CT molecular complexity index is 732. The van der Waals surface area contributed by atoms with Gasteiger partial charge in [-0.2, -0.15) is 10.1 Å². The minimum atomic E-state index is -0.527. The van der Waals surface area contributed by atoms with Crippen LogP contribution in [-0.2, 0) is 5.41 Å². The van der Waals surface area contributed by atoms with Gasteiger partial charge in [0, 0.05) is 11.8 Å². The Labute approximate surface area is 142 Å². The van der Waals surface area contributed by atoms with Crippen molar-refractivity contribution in [3.63, 3.8) is 0 Å². The summed E-state index contributed by atoms with van der Waals surface area (Å²) < 4.78 is 5.01. The van der Waals surface area contributed by atoms with Crippen molar-refractivity contribution in [1.29, 1.82) is 0 Å². The highest BCUT2D eigenvalue weighted by Crippen LogP contribution is 2.24. The van der Waals surface area contributed by atoms with Gasteiger partial charge in [0.1, 0.15) is 0 Å². The molecule has 0 aliphatic rings. The van der Waals surface area contributed by atoms with Crippen molar-refractivity contribution in [3.05, 3.63) is 35.7 Å². The standard InChI is InChI=1S/C18H24N4O2/c1-17(2,3)11-19-21-15(23)16-20-14(22-24-16)12-7-9-13(10-8-12)18(4,5)6/h7-11H,1-6H3,(H,21,23). The Morgan fingerprint density at radius 3 is 2.29 bits per heavy atom. The molecule has 1 amide bonds. The molecule has 6 nitrogen and oxygen atoms in total. The van der Waals surface area contributed by atoms with Crippen molar-refractivity contribution in [2.75, 3.05) is 0 Å². The van der Waals surface area contributed by atoms with Crippen LogP contribution in [0.2, 0.25) is 0 Å². The van der Waals surface area contributed by atoms with Crippen molar-refractivity contribution in [3.8, 4) is 11.4 Å². The van der Waals surface area contributed by atoms with Gasteiger partial charge < -0.3 is 4.52 Å². The zero-order valence-corrected chi connectivity index (χ0v) is 15.0. The van der Waals surface area contributed by atoms with Crippen LogP contribution in [0, 0.1) is 5.41 Å². The lowest BCUT2D eigenvalue weighted by atomic mass is 9.87. The van der Waals surface area contributed by atoms with E-state index in [-0.39, 0.29) is 16.7 Å². The summed E-state index contributed by atoms with van der Waals surface area (Å²) in [6.07, 6.45) is 1.65. The first-order valence-electron chi connectivity index (χ1n) is 7.85. The number of hydrogen-bond acceptors (Lipinski definition) is 5. The molecule has 2 aromatic rings. The molecule has 1 aromatic heterocycles. The van der Waals surface area contributed by atoms with Crippen molar-refractivity contribution in [1.82, 2.24) is 15.6 Å². The summed E-state index contributed by atoms with van der Waals surface area (Å²) in [6.45, 7) is 12.4. The fraction of sp³-hybridized carbons (Fsp3) is 0.444. The van der Waals surface area contributed by atoms with Gasteiger partial charge in [-0.3, -0.25) is 4.79 Å². The van der Waals surface area contributed by atoms with E-state index in [9.17, 15) is 4.79 Å². The molecule has 0 aliphatic heterocycles. The van der Waals surface area contributed by atoms with Gasteiger partial charge in [-0.05, 0) is 16.4 Å². The Morgan fingerprint density at radius 2 is 1.75 bits per heavy atom. The van der Waals surface area contributed by atoms with Crippen molar-refractivity contribution >= 4 is 12.1 Å². The number of hydrazone groups is 1. The summed E-state index contributed by atoms with van der Waals surface area (Å²) in [4.78, 5) is 16.1. The van der Waals surface area contributed by atoms with Crippen molar-refractivity contribution < 1.29 is 9.32 Å². The van der Waals surface area contributed by atoms with E-state index in [1.165, 1.54) is 5.56 Å². The minimum absolute atomic E-state index is 0.0753. The molecule has 6 heteroatoms. The molecule has 0 radical (unpaired) electrons. The van der Waals surface area contributed by atoms with Crippen LogP contribution in [0.3, 0.4) is 0 Å². The van der Waals surface area contributed by atoms with E-state index < -0.39 is 5.91 Å². The van der Waals surface area contributed by atoms with Gasteiger partial charge in [0.05, 0.1) is 0 Å². The van der Waals surface area contributed by atoms with E-state index in [1.54, 1.807) is 6.21 Å². The largest absolute Gasteiger partial charge is 0.329 e. The van der Waals surface area contributed by atoms with Gasteiger partial charge in [-0.25, -0.2) is 5.43 Å². The molecule has 2 rings (SSSR count). The third-order valence-corrected chi connectivity index (χ3v) is 3.25. The number of aromatic nitrogens is 2. The summed E-state index contributed by atoms with van der Waals surface area (Å²) in [5.41, 5.74) is 4.34. The second-order valence-electron chi connectivity index (χ2n) is 7.82. The molecule has 0 unspecified atom stereocenters. The number of carbonyl (C=O) groups is 1. The first-order valence-corrected chi connectivity index (χ1v) is 7.85. The Morgan fingerprint density at radius 1 is 1.12 bits per heavy atom. The molecule has 1 aromatic carbocycles. The second kappa shape index (κ2) is 6.55. The molecule has 1 heterocycles. The third-order valence-electron chi connectivity index (χ3n) is 3.25. The number of carbonyl (C=O) groups excluding carboxylic acids is 1. The molecule has 0 aliphatic carbocycles. The van der Waals surface area contributed by atoms with Gasteiger partial charge in [-0.1, -0.05) is 71.0 Å². The van der Waals surface area contributed by atoms with Crippen LogP contribution in [0.5, 0.6) is 0 Å². The summed E-state index contributed by atoms with van der Waals surface area (Å²) in [5, 5.41) is 7.74. The molecule has 1 N–H and O–H groups in total. The summed E-state index contributed by atoms with van der Waals surface area (Å²) in [6, 6.07) is 7.90. The van der Waals surface area contributed by atoms with E-state index >= 15 is 0 Å². The Balaban J connectivity index is 2.10. The topological polar surface area (TPSA) is 80.4 Å². The molecule has 0 saturated heterocycles. The smallest absolute Gasteiger partial charge is 0.328 e. The lowest BCUT2D eigenvalue weighted by Crippen LogP contribution is -2.20. The highest BCUT2D eigenvalue weighted by atomic mass is 16.5. The monoisotopic (exact) mass is 328 g/mol. The molecule has 0 spiro atoms. The number of amides is 1. The average molecular weight is 328 g/mol. The molecular formula is C18H24N4O2. The highest BCUT2D eigenvalue weighted by Gasteiger charge is 2.17. The zero-order valence-electron chi connectivity index (χ0n) is 15.0. The fourth-order valence-corrected chi connectivity index (χ4v) is 1.88. The second-order valence-corrected chi connectivity index (χ2v) is 7.82. The van der Waals surface area contributed by atoms with Gasteiger partial charge in [0.2, 0.25) is 5.82 Å². The van der Waals surface area contributed by atoms with Crippen LogP contribution in [0.1, 0.15) is 57.8 Å². The van der Waals surface area contributed by atoms with Crippen molar-refractivity contribution in [2.45, 2.75) is 47.0 Å². The summed E-state index contributed by atoms with van der Waals surface area (Å²) in [5.74, 6) is -0.267. The maximum atomic E-state index is 11.9. The van der Waals surface area contributed by atoms with E-state index in [4.69, 9.17) is 4.52 Å². The fourth-order valence-electron chi connectivity index (χ4n) is 1.88. The van der Waals surface area contributed by atoms with Crippen LogP contribution in [-0.4, -0.2) is 22.3 Å². The number of nitrogens with zero attached hydrogens (tertiary/aromatic N) is 3. The average Bonchev–Trinajstić information content (AvgIpc) is 2.95. The SMILES string of the molecule is CC(C)(C)C=NNC(=O)c1nc(-c2ccc(C(C)(C)C)cc2)no1. The summed E-state index contributed by atoms with van der Waals surface area (Å²) in [7, 11) is 0. The first-order chi connectivity index (χ1) is 11.1. The summed E-state index contributed by atoms with van der Waals surface area (Å²) >= 11 is 0. The van der Waals surface area contributed by atoms with Crippen LogP contribution < -0.4 is 5.43 Å². The Hall–Kier alpha value is -2.50. The lowest BCUT2D eigenvalue weighted by Gasteiger charge is -2.18. The van der Waals surface area contributed by atoms with Crippen LogP contribution in [0.4, 0.5) is 0 Å². The molecule has 0 bridgehead atoms. The number of hydrogen-bond donors (Lipinski definition) is 1. The minimum Gasteiger partial charge on any atom is -0.328 e. The zero-order chi connectivity index (χ0) is 18.0. The van der Waals surface area contributed by atoms with Gasteiger partial charge in [0.25, 0.3) is 0 Å². The molecule has 0 saturated carbocycles. The number of benzene rings is 1. The van der Waals surface area contributed by atoms with E-state index in [2.05, 4.69) is 41.4 Å². The lowest BCUT2D eigenvalue weighted by molar-refractivity contribution is 0.0911. The third kappa shape index (κ3) is 4.75. The van der Waals surface area contributed by atoms with Crippen LogP contribution >= 0.6 is 0 Å². The van der Waals surface area contributed by atoms with Gasteiger partial charge in [0.15, 0.2) is 0 Å². The molecule has 0 atom stereocenters. The molecule has 0 fully saturated rings. The van der Waals surface area contributed by atoms with Crippen LogP contribution in [0.15, 0.2) is 33.9 Å². The molecule has 128 valence electrons. The van der Waals surface area contributed by atoms with E-state index in [1.807, 2.05) is 45.0 Å². The maximum absolute atomic E-state index is 11.9. The van der Waals surface area contributed by atoms with Gasteiger partial charge in [-0.15, -0.1) is 0 Å². The predicted molar refractivity (Wildman–Crippen MR) is 93.8 cm³/mol.